The normalized spacial score (nSPS) is 13.0. The van der Waals surface area contributed by atoms with Crippen LogP contribution < -0.4 is 5.73 Å². The largest absolute Gasteiger partial charge is 0.254 e. The molecule has 0 saturated carbocycles. The summed E-state index contributed by atoms with van der Waals surface area (Å²) in [6.07, 6.45) is 0.861. The zero-order chi connectivity index (χ0) is 8.27. The third-order valence-electron chi connectivity index (χ3n) is 1.66. The maximum atomic E-state index is 7.37. The van der Waals surface area contributed by atoms with Crippen LogP contribution in [0.3, 0.4) is 0 Å². The van der Waals surface area contributed by atoms with E-state index in [9.17, 15) is 0 Å². The maximum Gasteiger partial charge on any atom is 0.0225 e. The Balaban J connectivity index is 2.66. The van der Waals surface area contributed by atoms with Gasteiger partial charge in [0.15, 0.2) is 0 Å². The van der Waals surface area contributed by atoms with Gasteiger partial charge in [-0.3, -0.25) is 5.73 Å². The molecule has 0 aliphatic rings. The zero-order valence-corrected chi connectivity index (χ0v) is 7.09. The number of aryl methyl sites for hydroxylation is 1. The highest BCUT2D eigenvalue weighted by Crippen LogP contribution is 2.05. The molecule has 0 aliphatic heterocycles. The summed E-state index contributed by atoms with van der Waals surface area (Å²) in [4.78, 5) is 0. The van der Waals surface area contributed by atoms with Gasteiger partial charge >= 0.3 is 0 Å². The van der Waals surface area contributed by atoms with Crippen molar-refractivity contribution < 1.29 is 0 Å². The Hall–Kier alpha value is -0.820. The van der Waals surface area contributed by atoms with Crippen LogP contribution in [0.15, 0.2) is 24.3 Å². The zero-order valence-electron chi connectivity index (χ0n) is 7.09. The Morgan fingerprint density at radius 2 is 1.82 bits per heavy atom. The monoisotopic (exact) mass is 148 g/mol. The second-order valence-corrected chi connectivity index (χ2v) is 3.09. The fraction of sp³-hybridized carbons (Fsp3) is 0.400. The Morgan fingerprint density at radius 1 is 1.27 bits per heavy atom. The Kier molecular flexibility index (Phi) is 2.66. The SMILES string of the molecule is Cc1ccc(C[C@@H](C)[NH])cc1. The molecular formula is C10H14N. The lowest BCUT2D eigenvalue weighted by atomic mass is 10.1. The summed E-state index contributed by atoms with van der Waals surface area (Å²) in [5, 5.41) is 0. The average Bonchev–Trinajstić information content (AvgIpc) is 1.93. The summed E-state index contributed by atoms with van der Waals surface area (Å²) in [5.74, 6) is 0. The summed E-state index contributed by atoms with van der Waals surface area (Å²) < 4.78 is 0. The molecule has 1 aromatic rings. The van der Waals surface area contributed by atoms with Crippen molar-refractivity contribution in [3.05, 3.63) is 35.4 Å². The van der Waals surface area contributed by atoms with Gasteiger partial charge in [0.25, 0.3) is 0 Å². The fourth-order valence-corrected chi connectivity index (χ4v) is 1.08. The van der Waals surface area contributed by atoms with Gasteiger partial charge in [0, 0.05) is 6.04 Å². The highest BCUT2D eigenvalue weighted by Gasteiger charge is 1.96. The smallest absolute Gasteiger partial charge is 0.0225 e. The van der Waals surface area contributed by atoms with Gasteiger partial charge in [0.2, 0.25) is 0 Å². The second kappa shape index (κ2) is 3.54. The van der Waals surface area contributed by atoms with E-state index in [1.807, 2.05) is 6.92 Å². The first-order chi connectivity index (χ1) is 5.18. The molecule has 1 nitrogen and oxygen atoms in total. The minimum absolute atomic E-state index is 0.0118. The summed E-state index contributed by atoms with van der Waals surface area (Å²) in [7, 11) is 0. The van der Waals surface area contributed by atoms with E-state index in [0.717, 1.165) is 6.42 Å². The first-order valence-corrected chi connectivity index (χ1v) is 3.95. The highest BCUT2D eigenvalue weighted by atomic mass is 14.6. The molecule has 0 heterocycles. The van der Waals surface area contributed by atoms with Gasteiger partial charge in [-0.25, -0.2) is 0 Å². The van der Waals surface area contributed by atoms with E-state index in [1.165, 1.54) is 11.1 Å². The van der Waals surface area contributed by atoms with Crippen LogP contribution in [-0.4, -0.2) is 6.04 Å². The lowest BCUT2D eigenvalue weighted by Gasteiger charge is -2.03. The third kappa shape index (κ3) is 2.72. The van der Waals surface area contributed by atoms with Gasteiger partial charge < -0.3 is 0 Å². The molecule has 1 atom stereocenters. The van der Waals surface area contributed by atoms with Crippen molar-refractivity contribution in [2.75, 3.05) is 0 Å². The van der Waals surface area contributed by atoms with Crippen molar-refractivity contribution in [3.63, 3.8) is 0 Å². The molecule has 0 fully saturated rings. The predicted octanol–water partition coefficient (Wildman–Crippen LogP) is 2.21. The quantitative estimate of drug-likeness (QED) is 0.614. The molecule has 0 bridgehead atoms. The predicted molar refractivity (Wildman–Crippen MR) is 47.4 cm³/mol. The van der Waals surface area contributed by atoms with E-state index >= 15 is 0 Å². The third-order valence-corrected chi connectivity index (χ3v) is 1.66. The first-order valence-electron chi connectivity index (χ1n) is 3.95. The van der Waals surface area contributed by atoms with Crippen molar-refractivity contribution >= 4 is 0 Å². The molecule has 59 valence electrons. The van der Waals surface area contributed by atoms with E-state index in [0.29, 0.717) is 0 Å². The number of hydrogen-bond acceptors (Lipinski definition) is 0. The molecule has 0 aliphatic carbocycles. The molecule has 0 spiro atoms. The number of benzene rings is 1. The van der Waals surface area contributed by atoms with Gasteiger partial charge in [-0.2, -0.15) is 0 Å². The van der Waals surface area contributed by atoms with Gasteiger partial charge in [-0.1, -0.05) is 29.8 Å². The molecular weight excluding hydrogens is 134 g/mol. The van der Waals surface area contributed by atoms with Crippen LogP contribution in [0.25, 0.3) is 0 Å². The maximum absolute atomic E-state index is 7.37. The Bertz CT molecular complexity index is 211. The second-order valence-electron chi connectivity index (χ2n) is 3.09. The lowest BCUT2D eigenvalue weighted by molar-refractivity contribution is 0.714. The van der Waals surface area contributed by atoms with Gasteiger partial charge in [-0.15, -0.1) is 0 Å². The van der Waals surface area contributed by atoms with Gasteiger partial charge in [-0.05, 0) is 25.8 Å². The van der Waals surface area contributed by atoms with Crippen LogP contribution in [0, 0.1) is 6.92 Å². The Labute approximate surface area is 68.2 Å². The molecule has 1 N–H and O–H groups in total. The van der Waals surface area contributed by atoms with E-state index < -0.39 is 0 Å². The summed E-state index contributed by atoms with van der Waals surface area (Å²) in [5.41, 5.74) is 9.91. The van der Waals surface area contributed by atoms with Gasteiger partial charge in [0.05, 0.1) is 0 Å². The highest BCUT2D eigenvalue weighted by molar-refractivity contribution is 5.21. The summed E-state index contributed by atoms with van der Waals surface area (Å²) >= 11 is 0. The van der Waals surface area contributed by atoms with Crippen molar-refractivity contribution in [2.24, 2.45) is 0 Å². The van der Waals surface area contributed by atoms with Crippen LogP contribution in [0.5, 0.6) is 0 Å². The molecule has 1 rings (SSSR count). The molecule has 11 heavy (non-hydrogen) atoms. The van der Waals surface area contributed by atoms with Crippen LogP contribution >= 0.6 is 0 Å². The minimum Gasteiger partial charge on any atom is -0.254 e. The number of rotatable bonds is 2. The van der Waals surface area contributed by atoms with Crippen molar-refractivity contribution in [2.45, 2.75) is 26.3 Å². The molecule has 0 aromatic heterocycles. The molecule has 1 aromatic carbocycles. The van der Waals surface area contributed by atoms with Crippen LogP contribution in [0.2, 0.25) is 0 Å². The van der Waals surface area contributed by atoms with Crippen molar-refractivity contribution in [3.8, 4) is 0 Å². The van der Waals surface area contributed by atoms with E-state index in [4.69, 9.17) is 5.73 Å². The molecule has 1 heteroatoms. The van der Waals surface area contributed by atoms with E-state index in [1.54, 1.807) is 0 Å². The number of hydrogen-bond donors (Lipinski definition) is 0. The molecule has 0 amide bonds. The van der Waals surface area contributed by atoms with Crippen LogP contribution in [0.1, 0.15) is 18.1 Å². The summed E-state index contributed by atoms with van der Waals surface area (Å²) in [6.45, 7) is 3.99. The Morgan fingerprint density at radius 3 is 2.27 bits per heavy atom. The van der Waals surface area contributed by atoms with Crippen molar-refractivity contribution in [1.29, 1.82) is 0 Å². The topological polar surface area (TPSA) is 23.8 Å². The van der Waals surface area contributed by atoms with E-state index in [2.05, 4.69) is 31.2 Å². The minimum atomic E-state index is 0.0118. The molecule has 0 saturated heterocycles. The fourth-order valence-electron chi connectivity index (χ4n) is 1.08. The summed E-state index contributed by atoms with van der Waals surface area (Å²) in [6, 6.07) is 8.40. The first kappa shape index (κ1) is 8.28. The lowest BCUT2D eigenvalue weighted by Crippen LogP contribution is -2.06. The van der Waals surface area contributed by atoms with Gasteiger partial charge in [0.1, 0.15) is 0 Å². The van der Waals surface area contributed by atoms with Crippen molar-refractivity contribution in [1.82, 2.24) is 5.73 Å². The number of nitrogens with one attached hydrogen (secondary N) is 1. The van der Waals surface area contributed by atoms with Crippen LogP contribution in [0.4, 0.5) is 0 Å². The average molecular weight is 148 g/mol. The standard InChI is InChI=1S/C10H14N/c1-8-3-5-10(6-4-8)7-9(2)11/h3-6,9,11H,7H2,1-2H3/t9-/m1/s1. The van der Waals surface area contributed by atoms with Crippen LogP contribution in [-0.2, 0) is 6.42 Å². The molecule has 0 unspecified atom stereocenters. The molecule has 1 radical (unpaired) electrons. The van der Waals surface area contributed by atoms with E-state index in [-0.39, 0.29) is 6.04 Å².